The molecule has 2 aliphatic rings. The van der Waals surface area contributed by atoms with Crippen molar-refractivity contribution in [1.82, 2.24) is 15.5 Å². The summed E-state index contributed by atoms with van der Waals surface area (Å²) in [5, 5.41) is 6.35. The molecule has 2 unspecified atom stereocenters. The Morgan fingerprint density at radius 1 is 1.37 bits per heavy atom. The van der Waals surface area contributed by atoms with E-state index in [1.165, 1.54) is 0 Å². The van der Waals surface area contributed by atoms with Gasteiger partial charge in [-0.25, -0.2) is 4.79 Å². The Hall–Kier alpha value is -0.850. The predicted octanol–water partition coefficient (Wildman–Crippen LogP) is 0.185. The van der Waals surface area contributed by atoms with Crippen molar-refractivity contribution in [2.24, 2.45) is 0 Å². The summed E-state index contributed by atoms with van der Waals surface area (Å²) in [4.78, 5) is 12.9. The lowest BCUT2D eigenvalue weighted by molar-refractivity contribution is -0.0891. The van der Waals surface area contributed by atoms with Crippen molar-refractivity contribution in [2.75, 3.05) is 47.0 Å². The summed E-state index contributed by atoms with van der Waals surface area (Å²) in [6.07, 6.45) is 3.04. The Morgan fingerprint density at radius 2 is 2.21 bits per heavy atom. The van der Waals surface area contributed by atoms with Gasteiger partial charge in [-0.3, -0.25) is 0 Å². The smallest absolute Gasteiger partial charge is 0.316 e. The molecule has 1 spiro atoms. The van der Waals surface area contributed by atoms with E-state index in [0.717, 1.165) is 45.6 Å². The van der Waals surface area contributed by atoms with Crippen LogP contribution in [0.15, 0.2) is 0 Å². The van der Waals surface area contributed by atoms with E-state index in [2.05, 4.69) is 10.6 Å². The number of carbonyl (C=O) groups is 1. The van der Waals surface area contributed by atoms with Crippen molar-refractivity contribution in [2.45, 2.75) is 30.9 Å². The third kappa shape index (κ3) is 4.06. The molecule has 0 aromatic rings. The largest absolute Gasteiger partial charge is 0.378 e. The van der Waals surface area contributed by atoms with E-state index in [9.17, 15) is 4.79 Å². The molecule has 2 atom stereocenters. The van der Waals surface area contributed by atoms with Crippen LogP contribution in [0.4, 0.5) is 4.79 Å². The number of hydrogen-bond donors (Lipinski definition) is 2. The van der Waals surface area contributed by atoms with E-state index in [1.54, 1.807) is 19.0 Å². The molecule has 2 N–H and O–H groups in total. The predicted molar refractivity (Wildman–Crippen MR) is 72.2 cm³/mol. The quantitative estimate of drug-likeness (QED) is 0.716. The van der Waals surface area contributed by atoms with Gasteiger partial charge in [-0.15, -0.1) is 0 Å². The Balaban J connectivity index is 1.64. The highest BCUT2D eigenvalue weighted by Crippen LogP contribution is 2.32. The van der Waals surface area contributed by atoms with E-state index in [1.807, 2.05) is 0 Å². The monoisotopic (exact) mass is 271 g/mol. The van der Waals surface area contributed by atoms with Gasteiger partial charge in [0.1, 0.15) is 0 Å². The lowest BCUT2D eigenvalue weighted by atomic mass is 9.90. The Bertz CT molecular complexity index is 304. The van der Waals surface area contributed by atoms with Crippen LogP contribution in [0.2, 0.25) is 0 Å². The molecular formula is C13H25N3O3. The van der Waals surface area contributed by atoms with Crippen LogP contribution in [0.1, 0.15) is 19.3 Å². The fourth-order valence-corrected chi connectivity index (χ4v) is 2.67. The molecule has 19 heavy (non-hydrogen) atoms. The molecule has 6 heteroatoms. The number of urea groups is 1. The molecule has 6 nitrogen and oxygen atoms in total. The Morgan fingerprint density at radius 3 is 2.89 bits per heavy atom. The Labute approximate surface area is 114 Å². The number of amides is 2. The van der Waals surface area contributed by atoms with Crippen LogP contribution in [-0.2, 0) is 9.47 Å². The van der Waals surface area contributed by atoms with Crippen molar-refractivity contribution in [3.05, 3.63) is 0 Å². The normalized spacial score (nSPS) is 30.5. The second kappa shape index (κ2) is 6.54. The summed E-state index contributed by atoms with van der Waals surface area (Å²) in [5.74, 6) is 0. The summed E-state index contributed by atoms with van der Waals surface area (Å²) >= 11 is 0. The zero-order valence-corrected chi connectivity index (χ0v) is 11.9. The van der Waals surface area contributed by atoms with Crippen LogP contribution in [0, 0.1) is 0 Å². The number of carbonyl (C=O) groups excluding carboxylic acids is 1. The summed E-state index contributed by atoms with van der Waals surface area (Å²) in [5.41, 5.74) is -0.0528. The highest BCUT2D eigenvalue weighted by Gasteiger charge is 2.40. The van der Waals surface area contributed by atoms with Crippen LogP contribution in [-0.4, -0.2) is 69.6 Å². The molecule has 0 aromatic carbocycles. The molecule has 2 amide bonds. The molecule has 0 bridgehead atoms. The van der Waals surface area contributed by atoms with Crippen LogP contribution in [0.3, 0.4) is 0 Å². The van der Waals surface area contributed by atoms with E-state index in [4.69, 9.17) is 9.47 Å². The van der Waals surface area contributed by atoms with Crippen molar-refractivity contribution in [3.63, 3.8) is 0 Å². The van der Waals surface area contributed by atoms with E-state index < -0.39 is 0 Å². The Kier molecular flexibility index (Phi) is 5.01. The van der Waals surface area contributed by atoms with Gasteiger partial charge >= 0.3 is 6.03 Å². The first kappa shape index (κ1) is 14.6. The first-order valence-electron chi connectivity index (χ1n) is 7.02. The first-order valence-corrected chi connectivity index (χ1v) is 7.02. The molecule has 0 aromatic heterocycles. The fraction of sp³-hybridized carbons (Fsp3) is 0.923. The van der Waals surface area contributed by atoms with Crippen molar-refractivity contribution >= 4 is 6.03 Å². The molecule has 0 saturated carbocycles. The van der Waals surface area contributed by atoms with Crippen molar-refractivity contribution in [1.29, 1.82) is 0 Å². The van der Waals surface area contributed by atoms with Crippen LogP contribution in [0.25, 0.3) is 0 Å². The maximum Gasteiger partial charge on any atom is 0.316 e. The van der Waals surface area contributed by atoms with Gasteiger partial charge in [0.15, 0.2) is 0 Å². The zero-order valence-electron chi connectivity index (χ0n) is 11.9. The van der Waals surface area contributed by atoms with E-state index in [0.29, 0.717) is 12.6 Å². The second-order valence-corrected chi connectivity index (χ2v) is 5.60. The molecule has 110 valence electrons. The highest BCUT2D eigenvalue weighted by atomic mass is 16.6. The second-order valence-electron chi connectivity index (χ2n) is 5.60. The summed E-state index contributed by atoms with van der Waals surface area (Å²) in [7, 11) is 3.48. The lowest BCUT2D eigenvalue weighted by Crippen LogP contribution is -2.49. The minimum atomic E-state index is -0.0528. The molecule has 2 rings (SSSR count). The van der Waals surface area contributed by atoms with Gasteiger partial charge in [0.25, 0.3) is 0 Å². The third-order valence-corrected chi connectivity index (χ3v) is 3.80. The summed E-state index contributed by atoms with van der Waals surface area (Å²) in [6.45, 7) is 3.78. The molecule has 0 aliphatic carbocycles. The van der Waals surface area contributed by atoms with Gasteiger partial charge < -0.3 is 25.0 Å². The van der Waals surface area contributed by atoms with Crippen LogP contribution >= 0.6 is 0 Å². The maximum atomic E-state index is 11.3. The maximum absolute atomic E-state index is 11.3. The standard InChI is InChI=1S/C13H25N3O3/c1-16(2)12(17)15-6-5-14-11-3-7-19-13(9-11)4-8-18-10-13/h11,14H,3-10H2,1-2H3,(H,15,17). The minimum Gasteiger partial charge on any atom is -0.378 e. The SMILES string of the molecule is CN(C)C(=O)NCCNC1CCOC2(CCOC2)C1. The number of rotatable bonds is 4. The average Bonchev–Trinajstić information content (AvgIpc) is 2.82. The van der Waals surface area contributed by atoms with Gasteiger partial charge in [-0.2, -0.15) is 0 Å². The summed E-state index contributed by atoms with van der Waals surface area (Å²) < 4.78 is 11.3. The van der Waals surface area contributed by atoms with Crippen LogP contribution < -0.4 is 10.6 Å². The molecule has 0 radical (unpaired) electrons. The van der Waals surface area contributed by atoms with Gasteiger partial charge in [-0.05, 0) is 12.8 Å². The zero-order chi connectivity index (χ0) is 13.7. The van der Waals surface area contributed by atoms with Gasteiger partial charge in [-0.1, -0.05) is 0 Å². The number of hydrogen-bond acceptors (Lipinski definition) is 4. The topological polar surface area (TPSA) is 62.8 Å². The van der Waals surface area contributed by atoms with Crippen molar-refractivity contribution in [3.8, 4) is 0 Å². The number of nitrogens with zero attached hydrogens (tertiary/aromatic N) is 1. The third-order valence-electron chi connectivity index (χ3n) is 3.80. The summed E-state index contributed by atoms with van der Waals surface area (Å²) in [6, 6.07) is 0.418. The van der Waals surface area contributed by atoms with Gasteiger partial charge in [0.2, 0.25) is 0 Å². The van der Waals surface area contributed by atoms with Gasteiger partial charge in [0, 0.05) is 52.9 Å². The lowest BCUT2D eigenvalue weighted by Gasteiger charge is -2.37. The molecule has 2 saturated heterocycles. The molecule has 2 fully saturated rings. The van der Waals surface area contributed by atoms with E-state index >= 15 is 0 Å². The van der Waals surface area contributed by atoms with Gasteiger partial charge in [0.05, 0.1) is 12.2 Å². The average molecular weight is 271 g/mol. The molecule has 2 heterocycles. The highest BCUT2D eigenvalue weighted by molar-refractivity contribution is 5.73. The first-order chi connectivity index (χ1) is 9.11. The van der Waals surface area contributed by atoms with Crippen LogP contribution in [0.5, 0.6) is 0 Å². The fourth-order valence-electron chi connectivity index (χ4n) is 2.67. The van der Waals surface area contributed by atoms with E-state index in [-0.39, 0.29) is 11.6 Å². The molecule has 2 aliphatic heterocycles. The molecular weight excluding hydrogens is 246 g/mol. The number of ether oxygens (including phenoxy) is 2. The minimum absolute atomic E-state index is 0.0468. The number of nitrogens with one attached hydrogen (secondary N) is 2. The van der Waals surface area contributed by atoms with Crippen molar-refractivity contribution < 1.29 is 14.3 Å².